The normalized spacial score (nSPS) is 10.8. The number of aryl methyl sites for hydroxylation is 1. The standard InChI is InChI=1S/C15H19IN2/c1-2-3-4-5-10-18-12-14(11-17-18)13-6-8-15(16)9-7-13/h6-9,11-12H,2-5,10H2,1H3. The van der Waals surface area contributed by atoms with Gasteiger partial charge in [-0.05, 0) is 46.7 Å². The van der Waals surface area contributed by atoms with Crippen LogP contribution >= 0.6 is 22.6 Å². The highest BCUT2D eigenvalue weighted by Crippen LogP contribution is 2.19. The van der Waals surface area contributed by atoms with Gasteiger partial charge in [0.1, 0.15) is 0 Å². The lowest BCUT2D eigenvalue weighted by Crippen LogP contribution is -1.97. The Kier molecular flexibility index (Phi) is 5.23. The third-order valence-corrected chi connectivity index (χ3v) is 3.77. The minimum absolute atomic E-state index is 1.03. The van der Waals surface area contributed by atoms with Crippen molar-refractivity contribution >= 4 is 22.6 Å². The van der Waals surface area contributed by atoms with Crippen molar-refractivity contribution in [1.29, 1.82) is 0 Å². The summed E-state index contributed by atoms with van der Waals surface area (Å²) in [5.74, 6) is 0. The Labute approximate surface area is 123 Å². The minimum Gasteiger partial charge on any atom is -0.272 e. The second kappa shape index (κ2) is 6.92. The second-order valence-corrected chi connectivity index (χ2v) is 5.81. The lowest BCUT2D eigenvalue weighted by Gasteiger charge is -2.00. The monoisotopic (exact) mass is 354 g/mol. The molecule has 0 aliphatic carbocycles. The zero-order chi connectivity index (χ0) is 12.8. The molecule has 0 amide bonds. The molecule has 0 bridgehead atoms. The van der Waals surface area contributed by atoms with E-state index in [4.69, 9.17) is 0 Å². The Morgan fingerprint density at radius 2 is 1.83 bits per heavy atom. The van der Waals surface area contributed by atoms with Crippen LogP contribution in [0.2, 0.25) is 0 Å². The molecule has 0 N–H and O–H groups in total. The summed E-state index contributed by atoms with van der Waals surface area (Å²) in [7, 11) is 0. The fourth-order valence-corrected chi connectivity index (χ4v) is 2.34. The van der Waals surface area contributed by atoms with E-state index in [0.29, 0.717) is 0 Å². The van der Waals surface area contributed by atoms with Crippen molar-refractivity contribution in [2.45, 2.75) is 39.2 Å². The molecular weight excluding hydrogens is 335 g/mol. The molecule has 0 saturated carbocycles. The molecule has 1 aromatic heterocycles. The fraction of sp³-hybridized carbons (Fsp3) is 0.400. The number of halogens is 1. The predicted octanol–water partition coefficient (Wildman–Crippen LogP) is 4.74. The molecule has 0 atom stereocenters. The van der Waals surface area contributed by atoms with Crippen LogP contribution in [-0.4, -0.2) is 9.78 Å². The first-order chi connectivity index (χ1) is 8.79. The number of hydrogen-bond acceptors (Lipinski definition) is 1. The van der Waals surface area contributed by atoms with Crippen molar-refractivity contribution in [3.63, 3.8) is 0 Å². The molecule has 0 saturated heterocycles. The third-order valence-electron chi connectivity index (χ3n) is 3.05. The molecule has 2 aromatic rings. The fourth-order valence-electron chi connectivity index (χ4n) is 1.98. The molecule has 2 nitrogen and oxygen atoms in total. The largest absolute Gasteiger partial charge is 0.272 e. The summed E-state index contributed by atoms with van der Waals surface area (Å²) in [5, 5.41) is 4.43. The van der Waals surface area contributed by atoms with Gasteiger partial charge in [-0.2, -0.15) is 5.10 Å². The summed E-state index contributed by atoms with van der Waals surface area (Å²) >= 11 is 2.33. The lowest BCUT2D eigenvalue weighted by atomic mass is 10.1. The molecule has 0 fully saturated rings. The van der Waals surface area contributed by atoms with Gasteiger partial charge < -0.3 is 0 Å². The van der Waals surface area contributed by atoms with E-state index < -0.39 is 0 Å². The van der Waals surface area contributed by atoms with Crippen LogP contribution in [0, 0.1) is 3.57 Å². The first kappa shape index (κ1) is 13.6. The van der Waals surface area contributed by atoms with Crippen molar-refractivity contribution < 1.29 is 0 Å². The van der Waals surface area contributed by atoms with Gasteiger partial charge in [-0.1, -0.05) is 38.3 Å². The van der Waals surface area contributed by atoms with Gasteiger partial charge in [0.15, 0.2) is 0 Å². The maximum absolute atomic E-state index is 4.43. The highest BCUT2D eigenvalue weighted by atomic mass is 127. The molecule has 0 radical (unpaired) electrons. The van der Waals surface area contributed by atoms with Crippen LogP contribution in [0.15, 0.2) is 36.7 Å². The molecule has 1 aromatic carbocycles. The van der Waals surface area contributed by atoms with Gasteiger partial charge in [0.25, 0.3) is 0 Å². The first-order valence-corrected chi connectivity index (χ1v) is 7.66. The highest BCUT2D eigenvalue weighted by molar-refractivity contribution is 14.1. The van der Waals surface area contributed by atoms with E-state index in [-0.39, 0.29) is 0 Å². The number of hydrogen-bond donors (Lipinski definition) is 0. The topological polar surface area (TPSA) is 17.8 Å². The number of unbranched alkanes of at least 4 members (excludes halogenated alkanes) is 3. The van der Waals surface area contributed by atoms with Gasteiger partial charge in [-0.3, -0.25) is 4.68 Å². The van der Waals surface area contributed by atoms with Crippen LogP contribution < -0.4 is 0 Å². The summed E-state index contributed by atoms with van der Waals surface area (Å²) in [6.45, 7) is 3.27. The molecule has 2 rings (SSSR count). The number of rotatable bonds is 6. The molecule has 0 aliphatic rings. The Morgan fingerprint density at radius 1 is 1.06 bits per heavy atom. The molecule has 0 spiro atoms. The summed E-state index contributed by atoms with van der Waals surface area (Å²) in [5.41, 5.74) is 2.46. The van der Waals surface area contributed by atoms with Gasteiger partial charge in [-0.15, -0.1) is 0 Å². The van der Waals surface area contributed by atoms with E-state index >= 15 is 0 Å². The zero-order valence-corrected chi connectivity index (χ0v) is 12.9. The van der Waals surface area contributed by atoms with Crippen LogP contribution in [0.1, 0.15) is 32.6 Å². The van der Waals surface area contributed by atoms with Crippen molar-refractivity contribution in [3.05, 3.63) is 40.2 Å². The van der Waals surface area contributed by atoms with Gasteiger partial charge in [0, 0.05) is 21.9 Å². The quantitative estimate of drug-likeness (QED) is 0.541. The van der Waals surface area contributed by atoms with Gasteiger partial charge in [-0.25, -0.2) is 0 Å². The summed E-state index contributed by atoms with van der Waals surface area (Å²) in [4.78, 5) is 0. The van der Waals surface area contributed by atoms with E-state index in [1.807, 2.05) is 6.20 Å². The van der Waals surface area contributed by atoms with E-state index in [0.717, 1.165) is 6.54 Å². The van der Waals surface area contributed by atoms with E-state index in [2.05, 4.69) is 69.8 Å². The van der Waals surface area contributed by atoms with E-state index in [9.17, 15) is 0 Å². The van der Waals surface area contributed by atoms with Crippen LogP contribution in [-0.2, 0) is 6.54 Å². The average molecular weight is 354 g/mol. The molecule has 0 unspecified atom stereocenters. The van der Waals surface area contributed by atoms with E-state index in [1.54, 1.807) is 0 Å². The Hall–Kier alpha value is -0.840. The molecule has 0 aliphatic heterocycles. The molecular formula is C15H19IN2. The maximum atomic E-state index is 4.43. The zero-order valence-electron chi connectivity index (χ0n) is 10.8. The minimum atomic E-state index is 1.03. The predicted molar refractivity (Wildman–Crippen MR) is 84.5 cm³/mol. The number of benzene rings is 1. The first-order valence-electron chi connectivity index (χ1n) is 6.58. The van der Waals surface area contributed by atoms with Gasteiger partial charge in [0.2, 0.25) is 0 Å². The van der Waals surface area contributed by atoms with Crippen molar-refractivity contribution in [2.24, 2.45) is 0 Å². The number of aromatic nitrogens is 2. The van der Waals surface area contributed by atoms with Crippen molar-refractivity contribution in [2.75, 3.05) is 0 Å². The average Bonchev–Trinajstić information content (AvgIpc) is 2.84. The summed E-state index contributed by atoms with van der Waals surface area (Å²) in [6, 6.07) is 8.57. The Balaban J connectivity index is 1.95. The van der Waals surface area contributed by atoms with Crippen LogP contribution in [0.25, 0.3) is 11.1 Å². The Morgan fingerprint density at radius 3 is 2.56 bits per heavy atom. The molecule has 96 valence electrons. The molecule has 3 heteroatoms. The molecule has 1 heterocycles. The van der Waals surface area contributed by atoms with Crippen molar-refractivity contribution in [3.8, 4) is 11.1 Å². The smallest absolute Gasteiger partial charge is 0.0568 e. The van der Waals surface area contributed by atoms with Gasteiger partial charge in [0.05, 0.1) is 6.20 Å². The Bertz CT molecular complexity index is 473. The maximum Gasteiger partial charge on any atom is 0.0568 e. The number of nitrogens with zero attached hydrogens (tertiary/aromatic N) is 2. The summed E-state index contributed by atoms with van der Waals surface area (Å²) in [6.07, 6.45) is 9.24. The lowest BCUT2D eigenvalue weighted by molar-refractivity contribution is 0.541. The second-order valence-electron chi connectivity index (χ2n) is 4.56. The SMILES string of the molecule is CCCCCCn1cc(-c2ccc(I)cc2)cn1. The summed E-state index contributed by atoms with van der Waals surface area (Å²) < 4.78 is 3.33. The van der Waals surface area contributed by atoms with Gasteiger partial charge >= 0.3 is 0 Å². The highest BCUT2D eigenvalue weighted by Gasteiger charge is 2.01. The molecule has 18 heavy (non-hydrogen) atoms. The van der Waals surface area contributed by atoms with E-state index in [1.165, 1.54) is 40.4 Å². The van der Waals surface area contributed by atoms with Crippen LogP contribution in [0.3, 0.4) is 0 Å². The van der Waals surface area contributed by atoms with Crippen molar-refractivity contribution in [1.82, 2.24) is 9.78 Å². The third kappa shape index (κ3) is 3.83. The van der Waals surface area contributed by atoms with Crippen LogP contribution in [0.4, 0.5) is 0 Å². The van der Waals surface area contributed by atoms with Crippen LogP contribution in [0.5, 0.6) is 0 Å².